The second-order valence-electron chi connectivity index (χ2n) is 10.1. The fourth-order valence-corrected chi connectivity index (χ4v) is 6.70. The van der Waals surface area contributed by atoms with Crippen molar-refractivity contribution in [2.24, 2.45) is 0 Å². The molecule has 1 atom stereocenters. The Kier molecular flexibility index (Phi) is 10.6. The van der Waals surface area contributed by atoms with Crippen LogP contribution in [0.1, 0.15) is 44.6 Å². The smallest absolute Gasteiger partial charge is 0.264 e. The van der Waals surface area contributed by atoms with Gasteiger partial charge in [-0.2, -0.15) is 0 Å². The molecule has 1 N–H and O–H groups in total. The van der Waals surface area contributed by atoms with Crippen molar-refractivity contribution in [1.29, 1.82) is 0 Å². The van der Waals surface area contributed by atoms with E-state index >= 15 is 0 Å². The third kappa shape index (κ3) is 7.95. The van der Waals surface area contributed by atoms with Crippen molar-refractivity contribution in [3.63, 3.8) is 0 Å². The minimum absolute atomic E-state index is 0.0160. The van der Waals surface area contributed by atoms with Gasteiger partial charge >= 0.3 is 0 Å². The summed E-state index contributed by atoms with van der Waals surface area (Å²) in [6.07, 6.45) is 5.00. The van der Waals surface area contributed by atoms with Crippen LogP contribution in [0.15, 0.2) is 77.7 Å². The van der Waals surface area contributed by atoms with Gasteiger partial charge in [0.2, 0.25) is 11.8 Å². The van der Waals surface area contributed by atoms with E-state index < -0.39 is 28.5 Å². The molecule has 1 aliphatic rings. The van der Waals surface area contributed by atoms with E-state index in [0.717, 1.165) is 36.4 Å². The van der Waals surface area contributed by atoms with E-state index in [9.17, 15) is 18.0 Å². The number of carbonyl (C=O) groups excluding carboxylic acids is 2. The summed E-state index contributed by atoms with van der Waals surface area (Å²) >= 11 is 18.3. The van der Waals surface area contributed by atoms with Crippen molar-refractivity contribution in [3.8, 4) is 0 Å². The molecular formula is C30H32Cl3N3O4S. The maximum absolute atomic E-state index is 14.0. The summed E-state index contributed by atoms with van der Waals surface area (Å²) in [5.41, 5.74) is 0.960. The maximum atomic E-state index is 14.0. The number of sulfonamides is 1. The second-order valence-corrected chi connectivity index (χ2v) is 13.2. The highest BCUT2D eigenvalue weighted by Gasteiger charge is 2.33. The number of nitrogens with zero attached hydrogens (tertiary/aromatic N) is 2. The first-order valence-electron chi connectivity index (χ1n) is 13.4. The van der Waals surface area contributed by atoms with Gasteiger partial charge in [-0.1, -0.05) is 78.3 Å². The third-order valence-corrected chi connectivity index (χ3v) is 9.96. The number of halogens is 3. The largest absolute Gasteiger partial charge is 0.352 e. The lowest BCUT2D eigenvalue weighted by molar-refractivity contribution is -0.139. The van der Waals surface area contributed by atoms with Gasteiger partial charge in [-0.3, -0.25) is 13.9 Å². The molecule has 11 heteroatoms. The summed E-state index contributed by atoms with van der Waals surface area (Å²) in [6.45, 7) is 1.14. The minimum atomic E-state index is -4.17. The second kappa shape index (κ2) is 13.9. The van der Waals surface area contributed by atoms with E-state index in [1.54, 1.807) is 55.5 Å². The minimum Gasteiger partial charge on any atom is -0.352 e. The molecule has 41 heavy (non-hydrogen) atoms. The molecule has 1 fully saturated rings. The van der Waals surface area contributed by atoms with Crippen LogP contribution in [0.2, 0.25) is 15.1 Å². The van der Waals surface area contributed by atoms with Crippen molar-refractivity contribution in [2.45, 2.75) is 62.6 Å². The topological polar surface area (TPSA) is 86.8 Å². The number of hydrogen-bond acceptors (Lipinski definition) is 4. The zero-order valence-electron chi connectivity index (χ0n) is 22.6. The number of nitrogens with one attached hydrogen (secondary N) is 1. The average molecular weight is 637 g/mol. The highest BCUT2D eigenvalue weighted by molar-refractivity contribution is 7.92. The molecule has 3 aromatic carbocycles. The molecule has 7 nitrogen and oxygen atoms in total. The number of rotatable bonds is 10. The molecule has 1 aliphatic carbocycles. The summed E-state index contributed by atoms with van der Waals surface area (Å²) in [5, 5.41) is 4.14. The molecule has 3 aromatic rings. The van der Waals surface area contributed by atoms with Gasteiger partial charge in [0.1, 0.15) is 12.6 Å². The Bertz CT molecular complexity index is 1460. The zero-order valence-corrected chi connectivity index (χ0v) is 25.7. The van der Waals surface area contributed by atoms with Gasteiger partial charge in [0, 0.05) is 17.6 Å². The molecule has 1 unspecified atom stereocenters. The predicted octanol–water partition coefficient (Wildman–Crippen LogP) is 6.71. The Morgan fingerprint density at radius 3 is 2.20 bits per heavy atom. The molecule has 4 rings (SSSR count). The van der Waals surface area contributed by atoms with Crippen LogP contribution in [-0.2, 0) is 26.2 Å². The predicted molar refractivity (Wildman–Crippen MR) is 164 cm³/mol. The molecular weight excluding hydrogens is 605 g/mol. The first-order chi connectivity index (χ1) is 19.6. The van der Waals surface area contributed by atoms with Crippen LogP contribution in [0.4, 0.5) is 5.69 Å². The van der Waals surface area contributed by atoms with E-state index in [0.29, 0.717) is 26.3 Å². The SMILES string of the molecule is CC(C(=O)NC1CCCCC1)N(Cc1ccc(Cl)c(Cl)c1)C(=O)CN(c1ccccc1)S(=O)(=O)c1ccc(Cl)cc1. The van der Waals surface area contributed by atoms with Gasteiger partial charge in [-0.25, -0.2) is 8.42 Å². The number of hydrogen-bond donors (Lipinski definition) is 1. The van der Waals surface area contributed by atoms with Crippen molar-refractivity contribution >= 4 is 62.3 Å². The molecule has 0 spiro atoms. The van der Waals surface area contributed by atoms with Crippen LogP contribution in [0.5, 0.6) is 0 Å². The average Bonchev–Trinajstić information content (AvgIpc) is 2.97. The van der Waals surface area contributed by atoms with Gasteiger partial charge in [-0.15, -0.1) is 0 Å². The first-order valence-corrected chi connectivity index (χ1v) is 16.0. The monoisotopic (exact) mass is 635 g/mol. The van der Waals surface area contributed by atoms with Gasteiger partial charge in [0.05, 0.1) is 20.6 Å². The van der Waals surface area contributed by atoms with Crippen LogP contribution in [0.25, 0.3) is 0 Å². The van der Waals surface area contributed by atoms with Crippen molar-refractivity contribution < 1.29 is 18.0 Å². The summed E-state index contributed by atoms with van der Waals surface area (Å²) in [7, 11) is -4.17. The van der Waals surface area contributed by atoms with Gasteiger partial charge < -0.3 is 10.2 Å². The maximum Gasteiger partial charge on any atom is 0.264 e. The van der Waals surface area contributed by atoms with Crippen LogP contribution >= 0.6 is 34.8 Å². The van der Waals surface area contributed by atoms with Crippen molar-refractivity contribution in [1.82, 2.24) is 10.2 Å². The number of amides is 2. The van der Waals surface area contributed by atoms with Crippen molar-refractivity contribution in [3.05, 3.63) is 93.4 Å². The molecule has 0 aliphatic heterocycles. The van der Waals surface area contributed by atoms with Crippen LogP contribution in [-0.4, -0.2) is 43.8 Å². The highest BCUT2D eigenvalue weighted by atomic mass is 35.5. The Balaban J connectivity index is 1.66. The summed E-state index contributed by atoms with van der Waals surface area (Å²) in [4.78, 5) is 28.8. The molecule has 0 saturated heterocycles. The quantitative estimate of drug-likeness (QED) is 0.268. The summed E-state index contributed by atoms with van der Waals surface area (Å²) < 4.78 is 28.7. The van der Waals surface area contributed by atoms with E-state index in [-0.39, 0.29) is 23.4 Å². The normalized spacial score (nSPS) is 14.7. The number of anilines is 1. The molecule has 0 aromatic heterocycles. The van der Waals surface area contributed by atoms with E-state index in [1.807, 2.05) is 0 Å². The standard InChI is InChI=1S/C30H32Cl3N3O4S/c1-21(30(38)34-24-8-4-2-5-9-24)35(19-22-12-17-27(32)28(33)18-22)29(37)20-36(25-10-6-3-7-11-25)41(39,40)26-15-13-23(31)14-16-26/h3,6-7,10-18,21,24H,2,4-5,8-9,19-20H2,1H3,(H,34,38). The Morgan fingerprint density at radius 2 is 1.56 bits per heavy atom. The number of para-hydroxylation sites is 1. The lowest BCUT2D eigenvalue weighted by Gasteiger charge is -2.33. The van der Waals surface area contributed by atoms with Gasteiger partial charge in [0.25, 0.3) is 10.0 Å². The lowest BCUT2D eigenvalue weighted by atomic mass is 9.95. The Labute approximate surface area is 256 Å². The van der Waals surface area contributed by atoms with Gasteiger partial charge in [0.15, 0.2) is 0 Å². The molecule has 2 amide bonds. The van der Waals surface area contributed by atoms with E-state index in [1.165, 1.54) is 29.2 Å². The van der Waals surface area contributed by atoms with E-state index in [2.05, 4.69) is 5.32 Å². The zero-order chi connectivity index (χ0) is 29.6. The first kappa shape index (κ1) is 31.2. The molecule has 0 radical (unpaired) electrons. The molecule has 0 bridgehead atoms. The molecule has 218 valence electrons. The Morgan fingerprint density at radius 1 is 0.902 bits per heavy atom. The van der Waals surface area contributed by atoms with Crippen LogP contribution < -0.4 is 9.62 Å². The van der Waals surface area contributed by atoms with E-state index in [4.69, 9.17) is 34.8 Å². The summed E-state index contributed by atoms with van der Waals surface area (Å²) in [5.74, 6) is -0.846. The van der Waals surface area contributed by atoms with Gasteiger partial charge in [-0.05, 0) is 73.9 Å². The van der Waals surface area contributed by atoms with Crippen molar-refractivity contribution in [2.75, 3.05) is 10.8 Å². The van der Waals surface area contributed by atoms with Crippen LogP contribution in [0.3, 0.4) is 0 Å². The number of carbonyl (C=O) groups is 2. The lowest BCUT2D eigenvalue weighted by Crippen LogP contribution is -2.53. The Hall–Kier alpha value is -2.78. The fourth-order valence-electron chi connectivity index (χ4n) is 4.84. The third-order valence-electron chi connectivity index (χ3n) is 7.18. The van der Waals surface area contributed by atoms with Crippen LogP contribution in [0, 0.1) is 0 Å². The fraction of sp³-hybridized carbons (Fsp3) is 0.333. The molecule has 0 heterocycles. The number of benzene rings is 3. The summed E-state index contributed by atoms with van der Waals surface area (Å²) in [6, 6.07) is 18.3. The highest BCUT2D eigenvalue weighted by Crippen LogP contribution is 2.27. The molecule has 1 saturated carbocycles.